The molecule has 0 unspecified atom stereocenters. The van der Waals surface area contributed by atoms with Gasteiger partial charge in [0.1, 0.15) is 60.4 Å². The van der Waals surface area contributed by atoms with Crippen LogP contribution in [0, 0.1) is 35.5 Å². The second-order valence-electron chi connectivity index (χ2n) is 25.0. The number of aliphatic hydroxyl groups is 1. The molecule has 84 heavy (non-hydrogen) atoms. The van der Waals surface area contributed by atoms with Crippen molar-refractivity contribution >= 4 is 65.0 Å². The number of allylic oxidation sites excluding steroid dienone is 2. The first-order valence-electron chi connectivity index (χ1n) is 29.9. The molecule has 0 aromatic carbocycles. The van der Waals surface area contributed by atoms with E-state index < -0.39 is 156 Å². The molecule has 1 aliphatic rings. The van der Waals surface area contributed by atoms with Crippen LogP contribution in [0.25, 0.3) is 0 Å². The molecule has 24 nitrogen and oxygen atoms in total. The number of amides is 11. The number of aliphatic hydroxyl groups excluding tert-OH is 1. The lowest BCUT2D eigenvalue weighted by molar-refractivity contribution is -0.157. The van der Waals surface area contributed by atoms with Gasteiger partial charge in [-0.1, -0.05) is 95.2 Å². The van der Waals surface area contributed by atoms with Gasteiger partial charge in [0.15, 0.2) is 0 Å². The molecule has 0 bridgehead atoms. The molecule has 1 saturated heterocycles. The van der Waals surface area contributed by atoms with Gasteiger partial charge in [-0.25, -0.2) is 0 Å². The Labute approximate surface area is 501 Å². The highest BCUT2D eigenvalue weighted by Crippen LogP contribution is 2.25. The van der Waals surface area contributed by atoms with E-state index in [1.807, 2.05) is 41.5 Å². The maximum Gasteiger partial charge on any atom is 0.246 e. The van der Waals surface area contributed by atoms with Gasteiger partial charge < -0.3 is 66.4 Å². The molecule has 0 radical (unpaired) electrons. The van der Waals surface area contributed by atoms with E-state index in [9.17, 15) is 48.3 Å². The summed E-state index contributed by atoms with van der Waals surface area (Å²) < 4.78 is 0. The number of rotatable bonds is 15. The van der Waals surface area contributed by atoms with Crippen molar-refractivity contribution in [2.75, 3.05) is 62.4 Å². The Morgan fingerprint density at radius 1 is 0.512 bits per heavy atom. The minimum absolute atomic E-state index is 0.00881. The standard InChI is InChI=1S/C60H108N12O12/c1-23-25-26-38(13)50(74)49-54(78)64-41(24-2)56(80)66(16)32-46(73)67(17)42(27-28-61)52(76)65-47(36(9)10)59(83)68(18)43(29-33(3)4)53(77)62-39(14)51(75)63-40(15)55(79)69(19)44(30-34(5)6)57(81)70(20)45(31-35(7)8)58(82)71(21)48(37(11)12)60(84)72(49)22/h23,25,33-45,47-50,74H,24,26-32,61H2,1-22H3,(H,62,77)(H,63,75)(H,64,78)(H,65,76)/t38-,39+,40-,41+,42+,43+,44+,45+,47+,48+,49+,50-/m1/s1. The summed E-state index contributed by atoms with van der Waals surface area (Å²) in [4.78, 5) is 168. The molecule has 24 heteroatoms. The Kier molecular flexibility index (Phi) is 31.3. The third-order valence-electron chi connectivity index (χ3n) is 15.8. The van der Waals surface area contributed by atoms with E-state index in [-0.39, 0.29) is 56.4 Å². The zero-order valence-electron chi connectivity index (χ0n) is 54.8. The van der Waals surface area contributed by atoms with E-state index in [0.29, 0.717) is 6.42 Å². The van der Waals surface area contributed by atoms with Crippen LogP contribution in [0.2, 0.25) is 0 Å². The Bertz CT molecular complexity index is 2290. The molecule has 1 aliphatic heterocycles. The van der Waals surface area contributed by atoms with Gasteiger partial charge in [0.25, 0.3) is 0 Å². The lowest BCUT2D eigenvalue weighted by Gasteiger charge is -2.41. The molecular weight excluding hydrogens is 1080 g/mol. The van der Waals surface area contributed by atoms with Crippen LogP contribution in [0.15, 0.2) is 12.2 Å². The van der Waals surface area contributed by atoms with Crippen molar-refractivity contribution < 1.29 is 57.8 Å². The first kappa shape index (κ1) is 75.8. The van der Waals surface area contributed by atoms with E-state index in [4.69, 9.17) is 5.73 Å². The quantitative estimate of drug-likeness (QED) is 0.127. The lowest BCUT2D eigenvalue weighted by atomic mass is 9.91. The van der Waals surface area contributed by atoms with Crippen molar-refractivity contribution in [1.29, 1.82) is 0 Å². The Balaban J connectivity index is 4.29. The van der Waals surface area contributed by atoms with Crippen LogP contribution in [0.3, 0.4) is 0 Å². The van der Waals surface area contributed by atoms with Crippen LogP contribution in [0.5, 0.6) is 0 Å². The molecule has 11 amide bonds. The van der Waals surface area contributed by atoms with Crippen LogP contribution in [-0.2, 0) is 52.7 Å². The smallest absolute Gasteiger partial charge is 0.246 e. The number of nitrogens with two attached hydrogens (primary N) is 1. The van der Waals surface area contributed by atoms with Crippen LogP contribution in [0.4, 0.5) is 0 Å². The number of nitrogens with zero attached hydrogens (tertiary/aromatic N) is 7. The third kappa shape index (κ3) is 20.8. The maximum atomic E-state index is 15.1. The molecule has 0 aromatic heterocycles. The average molecular weight is 1190 g/mol. The summed E-state index contributed by atoms with van der Waals surface area (Å²) in [7, 11) is 9.78. The van der Waals surface area contributed by atoms with E-state index in [0.717, 1.165) is 14.7 Å². The molecule has 1 rings (SSSR count). The van der Waals surface area contributed by atoms with Crippen molar-refractivity contribution in [2.45, 2.75) is 209 Å². The minimum Gasteiger partial charge on any atom is -0.390 e. The number of likely N-dealkylation sites (N-methyl/N-ethyl adjacent to an activating group) is 7. The first-order valence-corrected chi connectivity index (χ1v) is 29.9. The first-order chi connectivity index (χ1) is 38.9. The highest BCUT2D eigenvalue weighted by Gasteiger charge is 2.45. The fraction of sp³-hybridized carbons (Fsp3) is 0.783. The van der Waals surface area contributed by atoms with Gasteiger partial charge in [-0.2, -0.15) is 0 Å². The topological polar surface area (TPSA) is 305 Å². The van der Waals surface area contributed by atoms with Gasteiger partial charge in [-0.05, 0) is 101 Å². The molecule has 7 N–H and O–H groups in total. The molecule has 480 valence electrons. The highest BCUT2D eigenvalue weighted by atomic mass is 16.3. The van der Waals surface area contributed by atoms with Gasteiger partial charge in [0.2, 0.25) is 65.0 Å². The summed E-state index contributed by atoms with van der Waals surface area (Å²) in [5.41, 5.74) is 5.98. The third-order valence-corrected chi connectivity index (χ3v) is 15.8. The average Bonchev–Trinajstić information content (AvgIpc) is 3.46. The van der Waals surface area contributed by atoms with Crippen molar-refractivity contribution in [1.82, 2.24) is 55.6 Å². The van der Waals surface area contributed by atoms with Gasteiger partial charge in [-0.3, -0.25) is 52.7 Å². The Morgan fingerprint density at radius 2 is 0.964 bits per heavy atom. The number of hydrogen-bond donors (Lipinski definition) is 6. The zero-order valence-corrected chi connectivity index (χ0v) is 54.8. The van der Waals surface area contributed by atoms with Crippen molar-refractivity contribution in [2.24, 2.45) is 41.2 Å². The summed E-state index contributed by atoms with van der Waals surface area (Å²) in [5, 5.41) is 22.9. The van der Waals surface area contributed by atoms with Crippen LogP contribution in [0.1, 0.15) is 142 Å². The number of carbonyl (C=O) groups excluding carboxylic acids is 11. The van der Waals surface area contributed by atoms with Crippen molar-refractivity contribution in [3.05, 3.63) is 12.2 Å². The minimum atomic E-state index is -1.62. The van der Waals surface area contributed by atoms with E-state index in [1.165, 1.54) is 82.8 Å². The van der Waals surface area contributed by atoms with Gasteiger partial charge in [0, 0.05) is 49.3 Å². The molecule has 1 fully saturated rings. The molecule has 0 spiro atoms. The predicted octanol–water partition coefficient (Wildman–Crippen LogP) is 1.57. The number of nitrogens with one attached hydrogen (secondary N) is 4. The van der Waals surface area contributed by atoms with Gasteiger partial charge in [0.05, 0.1) is 12.6 Å². The molecular formula is C60H108N12O12. The molecule has 0 saturated carbocycles. The SMILES string of the molecule is CC=CC[C@@H](C)[C@@H](O)[C@H]1C(=O)N[C@@H](CC)C(=O)N(C)CC(=O)N(C)[C@@H](CCN)C(=O)N[C@@H](C(C)C)C(=O)N(C)[C@@H](CC(C)C)C(=O)N[C@@H](C)C(=O)N[C@H](C)C(=O)N(C)[C@@H](CC(C)C)C(=O)N(C)[C@@H](CC(C)C)C(=O)N(C)[C@@H](C(C)C)C(=O)N1C. The second kappa shape index (κ2) is 34.7. The van der Waals surface area contributed by atoms with Crippen LogP contribution >= 0.6 is 0 Å². The largest absolute Gasteiger partial charge is 0.390 e. The van der Waals surface area contributed by atoms with Crippen LogP contribution < -0.4 is 27.0 Å². The fourth-order valence-corrected chi connectivity index (χ4v) is 10.5. The molecule has 0 aliphatic carbocycles. The second-order valence-corrected chi connectivity index (χ2v) is 25.0. The Morgan fingerprint density at radius 3 is 1.43 bits per heavy atom. The summed E-state index contributed by atoms with van der Waals surface area (Å²) in [6.45, 7) is 25.4. The summed E-state index contributed by atoms with van der Waals surface area (Å²) in [6.07, 6.45) is 2.77. The van der Waals surface area contributed by atoms with E-state index in [1.54, 1.807) is 60.6 Å². The Hall–Kier alpha value is -6.17. The maximum absolute atomic E-state index is 15.1. The predicted molar refractivity (Wildman–Crippen MR) is 323 cm³/mol. The summed E-state index contributed by atoms with van der Waals surface area (Å²) in [6, 6.07) is -12.5. The number of hydrogen-bond acceptors (Lipinski definition) is 13. The monoisotopic (exact) mass is 1190 g/mol. The van der Waals surface area contributed by atoms with Crippen molar-refractivity contribution in [3.8, 4) is 0 Å². The van der Waals surface area contributed by atoms with Gasteiger partial charge in [-0.15, -0.1) is 0 Å². The van der Waals surface area contributed by atoms with E-state index >= 15 is 9.59 Å². The van der Waals surface area contributed by atoms with E-state index in [2.05, 4.69) is 21.3 Å². The molecule has 0 aromatic rings. The van der Waals surface area contributed by atoms with Crippen LogP contribution in [-0.4, -0.2) is 233 Å². The van der Waals surface area contributed by atoms with Crippen molar-refractivity contribution in [3.63, 3.8) is 0 Å². The number of carbonyl (C=O) groups is 11. The molecule has 12 atom stereocenters. The highest BCUT2D eigenvalue weighted by molar-refractivity contribution is 5.99. The van der Waals surface area contributed by atoms with Gasteiger partial charge >= 0.3 is 0 Å². The molecule has 1 heterocycles. The lowest BCUT2D eigenvalue weighted by Crippen LogP contribution is -2.63. The normalized spacial score (nSPS) is 27.0. The summed E-state index contributed by atoms with van der Waals surface area (Å²) in [5.74, 6) is -9.87. The summed E-state index contributed by atoms with van der Waals surface area (Å²) >= 11 is 0. The fourth-order valence-electron chi connectivity index (χ4n) is 10.5. The zero-order chi connectivity index (χ0) is 65.1.